The lowest BCUT2D eigenvalue weighted by Crippen LogP contribution is -2.16. The van der Waals surface area contributed by atoms with Crippen LogP contribution in [0.3, 0.4) is 0 Å². The molecule has 1 N–H and O–H groups in total. The molecular weight excluding hydrogens is 272 g/mol. The van der Waals surface area contributed by atoms with Gasteiger partial charge in [-0.1, -0.05) is 0 Å². The molecule has 3 aromatic rings. The third-order valence-electron chi connectivity index (χ3n) is 3.50. The fraction of sp³-hybridized carbons (Fsp3) is 0.133. The lowest BCUT2D eigenvalue weighted by atomic mass is 9.99. The molecule has 0 amide bonds. The van der Waals surface area contributed by atoms with E-state index < -0.39 is 5.63 Å². The van der Waals surface area contributed by atoms with Gasteiger partial charge in [0.25, 0.3) is 0 Å². The average molecular weight is 282 g/mol. The highest BCUT2D eigenvalue weighted by Crippen LogP contribution is 2.37. The Labute approximate surface area is 118 Å². The van der Waals surface area contributed by atoms with Gasteiger partial charge in [-0.15, -0.1) is 0 Å². The number of hydrogen-bond acceptors (Lipinski definition) is 6. The van der Waals surface area contributed by atoms with E-state index in [9.17, 15) is 9.90 Å². The second-order valence-electron chi connectivity index (χ2n) is 4.85. The summed E-state index contributed by atoms with van der Waals surface area (Å²) >= 11 is 0. The summed E-state index contributed by atoms with van der Waals surface area (Å²) in [4.78, 5) is 20.6. The van der Waals surface area contributed by atoms with E-state index in [1.807, 2.05) is 0 Å². The van der Waals surface area contributed by atoms with Crippen LogP contribution in [0.4, 0.5) is 0 Å². The molecule has 3 heterocycles. The molecule has 0 spiro atoms. The van der Waals surface area contributed by atoms with Gasteiger partial charge in [-0.3, -0.25) is 0 Å². The molecule has 4 rings (SSSR count). The van der Waals surface area contributed by atoms with Crippen LogP contribution in [-0.2, 0) is 6.61 Å². The Balaban J connectivity index is 2.11. The number of fused-ring (bicyclic) bond motifs is 5. The van der Waals surface area contributed by atoms with Gasteiger partial charge in [0.15, 0.2) is 0 Å². The van der Waals surface area contributed by atoms with Crippen molar-refractivity contribution >= 4 is 11.0 Å². The third kappa shape index (κ3) is 1.69. The lowest BCUT2D eigenvalue weighted by molar-refractivity contribution is 0.288. The largest absolute Gasteiger partial charge is 0.508 e. The van der Waals surface area contributed by atoms with E-state index in [0.29, 0.717) is 28.4 Å². The van der Waals surface area contributed by atoms with E-state index in [1.54, 1.807) is 25.3 Å². The monoisotopic (exact) mass is 282 g/mol. The summed E-state index contributed by atoms with van der Waals surface area (Å²) in [5, 5.41) is 10.2. The van der Waals surface area contributed by atoms with Crippen molar-refractivity contribution in [3.05, 3.63) is 46.2 Å². The van der Waals surface area contributed by atoms with Gasteiger partial charge in [0, 0.05) is 23.2 Å². The van der Waals surface area contributed by atoms with Crippen LogP contribution in [0.2, 0.25) is 0 Å². The number of rotatable bonds is 0. The molecule has 1 aliphatic heterocycles. The second-order valence-corrected chi connectivity index (χ2v) is 4.85. The van der Waals surface area contributed by atoms with Gasteiger partial charge >= 0.3 is 5.63 Å². The molecule has 0 saturated carbocycles. The Morgan fingerprint density at radius 1 is 1.33 bits per heavy atom. The van der Waals surface area contributed by atoms with Gasteiger partial charge in [-0.2, -0.15) is 4.98 Å². The predicted molar refractivity (Wildman–Crippen MR) is 74.2 cm³/mol. The second kappa shape index (κ2) is 4.05. The molecule has 6 nitrogen and oxygen atoms in total. The van der Waals surface area contributed by atoms with Crippen LogP contribution in [0.15, 0.2) is 33.6 Å². The molecule has 6 heteroatoms. The number of nitrogens with zero attached hydrogens (tertiary/aromatic N) is 2. The van der Waals surface area contributed by atoms with E-state index in [2.05, 4.69) is 9.97 Å². The Morgan fingerprint density at radius 3 is 3.05 bits per heavy atom. The fourth-order valence-corrected chi connectivity index (χ4v) is 2.55. The summed E-state index contributed by atoms with van der Waals surface area (Å²) in [7, 11) is 0. The lowest BCUT2D eigenvalue weighted by Gasteiger charge is -2.19. The molecule has 0 fully saturated rings. The molecule has 0 radical (unpaired) electrons. The standard InChI is InChI=1S/C15H10N2O4/c1-7-16-5-10-13-11(6-20-14(10)17-7)9-3-2-8(18)4-12(9)21-15(13)19/h2-5,18H,6H2,1H3. The maximum Gasteiger partial charge on any atom is 0.344 e. The molecule has 0 aliphatic carbocycles. The smallest absolute Gasteiger partial charge is 0.344 e. The highest BCUT2D eigenvalue weighted by molar-refractivity contribution is 5.89. The summed E-state index contributed by atoms with van der Waals surface area (Å²) in [6, 6.07) is 4.66. The number of aromatic hydroxyl groups is 1. The Morgan fingerprint density at radius 2 is 2.19 bits per heavy atom. The molecule has 0 unspecified atom stereocenters. The van der Waals surface area contributed by atoms with Crippen molar-refractivity contribution in [1.29, 1.82) is 0 Å². The average Bonchev–Trinajstić information content (AvgIpc) is 2.46. The summed E-state index contributed by atoms with van der Waals surface area (Å²) in [5.74, 6) is 1.01. The molecule has 21 heavy (non-hydrogen) atoms. The topological polar surface area (TPSA) is 85.5 Å². The van der Waals surface area contributed by atoms with Crippen LogP contribution < -0.4 is 10.4 Å². The number of benzene rings is 1. The van der Waals surface area contributed by atoms with E-state index in [-0.39, 0.29) is 12.4 Å². The van der Waals surface area contributed by atoms with E-state index >= 15 is 0 Å². The fourth-order valence-electron chi connectivity index (χ4n) is 2.55. The van der Waals surface area contributed by atoms with E-state index in [1.165, 1.54) is 6.07 Å². The Hall–Kier alpha value is -2.89. The first-order valence-electron chi connectivity index (χ1n) is 6.39. The highest BCUT2D eigenvalue weighted by atomic mass is 16.5. The predicted octanol–water partition coefficient (Wildman–Crippen LogP) is 2.16. The van der Waals surface area contributed by atoms with Gasteiger partial charge in [-0.25, -0.2) is 9.78 Å². The molecule has 104 valence electrons. The minimum atomic E-state index is -0.486. The van der Waals surface area contributed by atoms with E-state index in [4.69, 9.17) is 9.15 Å². The van der Waals surface area contributed by atoms with Gasteiger partial charge in [0.05, 0.1) is 11.1 Å². The van der Waals surface area contributed by atoms with Crippen molar-refractivity contribution in [2.75, 3.05) is 0 Å². The van der Waals surface area contributed by atoms with Crippen molar-refractivity contribution in [2.45, 2.75) is 13.5 Å². The molecule has 1 aliphatic rings. The number of ether oxygens (including phenoxy) is 1. The van der Waals surface area contributed by atoms with Crippen LogP contribution in [0.25, 0.3) is 22.1 Å². The van der Waals surface area contributed by atoms with Gasteiger partial charge < -0.3 is 14.3 Å². The van der Waals surface area contributed by atoms with Crippen LogP contribution >= 0.6 is 0 Å². The Bertz CT molecular complexity index is 946. The van der Waals surface area contributed by atoms with Crippen molar-refractivity contribution < 1.29 is 14.3 Å². The number of phenolic OH excluding ortho intramolecular Hbond substituents is 1. The van der Waals surface area contributed by atoms with Gasteiger partial charge in [-0.05, 0) is 19.1 Å². The third-order valence-corrected chi connectivity index (χ3v) is 3.50. The first-order chi connectivity index (χ1) is 10.1. The molecule has 0 bridgehead atoms. The summed E-state index contributed by atoms with van der Waals surface area (Å²) in [6.45, 7) is 1.98. The number of aromatic nitrogens is 2. The van der Waals surface area contributed by atoms with Crippen LogP contribution in [0.5, 0.6) is 11.6 Å². The quantitative estimate of drug-likeness (QED) is 0.636. The molecule has 0 saturated heterocycles. The van der Waals surface area contributed by atoms with Gasteiger partial charge in [0.1, 0.15) is 23.8 Å². The number of phenols is 1. The molecular formula is C15H10N2O4. The van der Waals surface area contributed by atoms with Crippen LogP contribution in [-0.4, -0.2) is 15.1 Å². The maximum absolute atomic E-state index is 12.3. The zero-order valence-corrected chi connectivity index (χ0v) is 11.1. The maximum atomic E-state index is 12.3. The van der Waals surface area contributed by atoms with Crippen molar-refractivity contribution in [3.63, 3.8) is 0 Å². The highest BCUT2D eigenvalue weighted by Gasteiger charge is 2.25. The summed E-state index contributed by atoms with van der Waals surface area (Å²) < 4.78 is 10.9. The van der Waals surface area contributed by atoms with Crippen LogP contribution in [0.1, 0.15) is 11.4 Å². The summed E-state index contributed by atoms with van der Waals surface area (Å²) in [6.07, 6.45) is 1.57. The molecule has 0 atom stereocenters. The first-order valence-corrected chi connectivity index (χ1v) is 6.39. The minimum Gasteiger partial charge on any atom is -0.508 e. The first kappa shape index (κ1) is 11.9. The summed E-state index contributed by atoms with van der Waals surface area (Å²) in [5.41, 5.74) is 1.53. The zero-order valence-electron chi connectivity index (χ0n) is 11.1. The number of hydrogen-bond donors (Lipinski definition) is 1. The molecule has 1 aromatic carbocycles. The Kier molecular flexibility index (Phi) is 2.29. The molecule has 2 aromatic heterocycles. The normalized spacial score (nSPS) is 12.6. The minimum absolute atomic E-state index is 0.0432. The van der Waals surface area contributed by atoms with Crippen molar-refractivity contribution in [3.8, 4) is 22.8 Å². The SMILES string of the molecule is Cc1ncc2c(n1)OCc1c-2c(=O)oc2cc(O)ccc12. The van der Waals surface area contributed by atoms with Crippen molar-refractivity contribution in [1.82, 2.24) is 9.97 Å². The zero-order chi connectivity index (χ0) is 14.6. The number of aryl methyl sites for hydroxylation is 1. The van der Waals surface area contributed by atoms with Crippen molar-refractivity contribution in [2.24, 2.45) is 0 Å². The van der Waals surface area contributed by atoms with Crippen LogP contribution in [0, 0.1) is 6.92 Å². The van der Waals surface area contributed by atoms with E-state index in [0.717, 1.165) is 10.9 Å². The van der Waals surface area contributed by atoms with Gasteiger partial charge in [0.2, 0.25) is 5.88 Å².